The summed E-state index contributed by atoms with van der Waals surface area (Å²) in [6, 6.07) is 0. The lowest BCUT2D eigenvalue weighted by molar-refractivity contribution is -0.137. The summed E-state index contributed by atoms with van der Waals surface area (Å²) in [6.45, 7) is 0. The van der Waals surface area contributed by atoms with Crippen LogP contribution in [0.4, 0.5) is 0 Å². The second-order valence-corrected chi connectivity index (χ2v) is 4.96. The molecule has 0 saturated heterocycles. The van der Waals surface area contributed by atoms with Crippen molar-refractivity contribution in [2.75, 3.05) is 0 Å². The molecule has 0 aromatic rings. The van der Waals surface area contributed by atoms with E-state index >= 15 is 0 Å². The van der Waals surface area contributed by atoms with Gasteiger partial charge < -0.3 is 15.0 Å². The Kier molecular flexibility index (Phi) is 6.19. The normalized spacial score (nSPS) is 28.2. The Hall–Kier alpha value is -0.900. The maximum absolute atomic E-state index is 10.8. The van der Waals surface area contributed by atoms with Crippen molar-refractivity contribution in [1.29, 1.82) is 0 Å². The van der Waals surface area contributed by atoms with Crippen molar-refractivity contribution in [3.05, 3.63) is 0 Å². The minimum Gasteiger partial charge on any atom is -0.481 e. The zero-order valence-corrected chi connectivity index (χ0v) is 10.2. The number of hydrogen-bond donors (Lipinski definition) is 2. The van der Waals surface area contributed by atoms with Crippen LogP contribution in [-0.2, 0) is 9.59 Å². The third-order valence-corrected chi connectivity index (χ3v) is 3.69. The summed E-state index contributed by atoms with van der Waals surface area (Å²) in [6.07, 6.45) is 7.09. The zero-order valence-electron chi connectivity index (χ0n) is 10.2. The van der Waals surface area contributed by atoms with E-state index in [1.807, 2.05) is 0 Å². The lowest BCUT2D eigenvalue weighted by Crippen LogP contribution is -2.20. The molecule has 0 radical (unpaired) electrons. The van der Waals surface area contributed by atoms with Gasteiger partial charge in [-0.1, -0.05) is 19.3 Å². The number of unbranched alkanes of at least 4 members (excludes halogenated alkanes) is 3. The van der Waals surface area contributed by atoms with Gasteiger partial charge in [0.25, 0.3) is 0 Å². The van der Waals surface area contributed by atoms with Crippen LogP contribution in [0.2, 0.25) is 0 Å². The fourth-order valence-electron chi connectivity index (χ4n) is 2.66. The number of aliphatic hydroxyl groups excluding tert-OH is 1. The summed E-state index contributed by atoms with van der Waals surface area (Å²) < 4.78 is 0. The van der Waals surface area contributed by atoms with Crippen molar-refractivity contribution in [3.8, 4) is 0 Å². The lowest BCUT2D eigenvalue weighted by Gasteiger charge is -2.15. The third kappa shape index (κ3) is 4.86. The Morgan fingerprint density at radius 2 is 1.88 bits per heavy atom. The topological polar surface area (TPSA) is 74.6 Å². The van der Waals surface area contributed by atoms with Crippen molar-refractivity contribution >= 4 is 12.3 Å². The van der Waals surface area contributed by atoms with Crippen molar-refractivity contribution in [3.63, 3.8) is 0 Å². The molecule has 1 aliphatic carbocycles. The third-order valence-electron chi connectivity index (χ3n) is 3.69. The number of carbonyl (C=O) groups excluding carboxylic acids is 1. The van der Waals surface area contributed by atoms with E-state index in [-0.39, 0.29) is 12.3 Å². The minimum atomic E-state index is -0.732. The standard InChI is InChI=1S/C13H22O4/c14-9-11-10(7-8-12(11)15)5-3-1-2-4-6-13(16)17/h9-12,15H,1-8H2,(H,16,17). The molecule has 4 nitrogen and oxygen atoms in total. The number of rotatable bonds is 8. The van der Waals surface area contributed by atoms with E-state index in [0.29, 0.717) is 5.92 Å². The molecular weight excluding hydrogens is 220 g/mol. The first-order chi connectivity index (χ1) is 8.15. The predicted octanol–water partition coefficient (Wildman–Crippen LogP) is 2.00. The van der Waals surface area contributed by atoms with E-state index in [2.05, 4.69) is 0 Å². The highest BCUT2D eigenvalue weighted by Crippen LogP contribution is 2.34. The number of carbonyl (C=O) groups is 2. The SMILES string of the molecule is O=CC1C(O)CCC1CCCCCCC(=O)O. The van der Waals surface area contributed by atoms with E-state index in [0.717, 1.165) is 51.2 Å². The summed E-state index contributed by atoms with van der Waals surface area (Å²) >= 11 is 0. The Labute approximate surface area is 102 Å². The van der Waals surface area contributed by atoms with Gasteiger partial charge in [0.1, 0.15) is 6.29 Å². The van der Waals surface area contributed by atoms with Gasteiger partial charge in [0.15, 0.2) is 0 Å². The average Bonchev–Trinajstić information content (AvgIpc) is 2.63. The second kappa shape index (κ2) is 7.43. The molecule has 4 heteroatoms. The highest BCUT2D eigenvalue weighted by molar-refractivity contribution is 5.66. The van der Waals surface area contributed by atoms with Crippen LogP contribution in [0.3, 0.4) is 0 Å². The molecule has 2 N–H and O–H groups in total. The highest BCUT2D eigenvalue weighted by atomic mass is 16.4. The molecule has 1 saturated carbocycles. The molecule has 0 aliphatic heterocycles. The molecular formula is C13H22O4. The first-order valence-electron chi connectivity index (χ1n) is 6.50. The quantitative estimate of drug-likeness (QED) is 0.504. The molecule has 3 atom stereocenters. The molecule has 98 valence electrons. The molecule has 0 bridgehead atoms. The monoisotopic (exact) mass is 242 g/mol. The average molecular weight is 242 g/mol. The van der Waals surface area contributed by atoms with Crippen LogP contribution < -0.4 is 0 Å². The summed E-state index contributed by atoms with van der Waals surface area (Å²) in [5.41, 5.74) is 0. The molecule has 17 heavy (non-hydrogen) atoms. The van der Waals surface area contributed by atoms with Crippen LogP contribution in [0, 0.1) is 11.8 Å². The van der Waals surface area contributed by atoms with E-state index in [1.54, 1.807) is 0 Å². The van der Waals surface area contributed by atoms with Gasteiger partial charge in [-0.3, -0.25) is 4.79 Å². The van der Waals surface area contributed by atoms with Gasteiger partial charge in [0.2, 0.25) is 0 Å². The molecule has 1 rings (SSSR count). The van der Waals surface area contributed by atoms with Crippen LogP contribution in [0.25, 0.3) is 0 Å². The van der Waals surface area contributed by atoms with E-state index in [9.17, 15) is 14.7 Å². The van der Waals surface area contributed by atoms with E-state index in [4.69, 9.17) is 5.11 Å². The van der Waals surface area contributed by atoms with Gasteiger partial charge in [-0.25, -0.2) is 0 Å². The summed E-state index contributed by atoms with van der Waals surface area (Å²) in [7, 11) is 0. The van der Waals surface area contributed by atoms with Crippen LogP contribution in [0.5, 0.6) is 0 Å². The van der Waals surface area contributed by atoms with Gasteiger partial charge >= 0.3 is 5.97 Å². The van der Waals surface area contributed by atoms with Gasteiger partial charge in [-0.2, -0.15) is 0 Å². The number of aldehydes is 1. The second-order valence-electron chi connectivity index (χ2n) is 4.96. The highest BCUT2D eigenvalue weighted by Gasteiger charge is 2.33. The van der Waals surface area contributed by atoms with Crippen molar-refractivity contribution < 1.29 is 19.8 Å². The smallest absolute Gasteiger partial charge is 0.303 e. The van der Waals surface area contributed by atoms with E-state index < -0.39 is 12.1 Å². The van der Waals surface area contributed by atoms with Crippen molar-refractivity contribution in [2.24, 2.45) is 11.8 Å². The molecule has 1 fully saturated rings. The molecule has 0 aromatic heterocycles. The van der Waals surface area contributed by atoms with Crippen LogP contribution in [0.15, 0.2) is 0 Å². The van der Waals surface area contributed by atoms with E-state index in [1.165, 1.54) is 0 Å². The van der Waals surface area contributed by atoms with Crippen molar-refractivity contribution in [1.82, 2.24) is 0 Å². The molecule has 0 aromatic carbocycles. The lowest BCUT2D eigenvalue weighted by atomic mass is 9.91. The number of carboxylic acids is 1. The fraction of sp³-hybridized carbons (Fsp3) is 0.846. The van der Waals surface area contributed by atoms with Crippen LogP contribution in [0.1, 0.15) is 51.4 Å². The fourth-order valence-corrected chi connectivity index (χ4v) is 2.66. The number of aliphatic hydroxyl groups is 1. The van der Waals surface area contributed by atoms with Crippen LogP contribution in [-0.4, -0.2) is 28.6 Å². The van der Waals surface area contributed by atoms with Gasteiger partial charge in [-0.05, 0) is 31.6 Å². The Morgan fingerprint density at radius 3 is 2.53 bits per heavy atom. The first kappa shape index (κ1) is 14.2. The summed E-state index contributed by atoms with van der Waals surface area (Å²) in [4.78, 5) is 21.1. The number of hydrogen-bond acceptors (Lipinski definition) is 3. The summed E-state index contributed by atoms with van der Waals surface area (Å²) in [5, 5.41) is 18.0. The number of aliphatic carboxylic acids is 1. The van der Waals surface area contributed by atoms with Crippen molar-refractivity contribution in [2.45, 2.75) is 57.5 Å². The number of carboxylic acid groups (broad SMARTS) is 1. The maximum Gasteiger partial charge on any atom is 0.303 e. The molecule has 0 heterocycles. The van der Waals surface area contributed by atoms with Gasteiger partial charge in [0.05, 0.1) is 6.10 Å². The maximum atomic E-state index is 10.8. The molecule has 1 aliphatic rings. The Balaban J connectivity index is 2.06. The zero-order chi connectivity index (χ0) is 12.7. The predicted molar refractivity (Wildman–Crippen MR) is 63.6 cm³/mol. The van der Waals surface area contributed by atoms with Gasteiger partial charge in [0, 0.05) is 12.3 Å². The van der Waals surface area contributed by atoms with Crippen LogP contribution >= 0.6 is 0 Å². The Morgan fingerprint density at radius 1 is 1.18 bits per heavy atom. The molecule has 0 amide bonds. The Bertz CT molecular complexity index is 252. The summed E-state index contributed by atoms with van der Waals surface area (Å²) in [5.74, 6) is -0.569. The minimum absolute atomic E-state index is 0.172. The first-order valence-corrected chi connectivity index (χ1v) is 6.50. The molecule has 3 unspecified atom stereocenters. The van der Waals surface area contributed by atoms with Gasteiger partial charge in [-0.15, -0.1) is 0 Å². The largest absolute Gasteiger partial charge is 0.481 e. The molecule has 0 spiro atoms.